The number of aromatic nitrogens is 2. The molecule has 3 N–H and O–H groups in total. The Balaban J connectivity index is 1.94. The van der Waals surface area contributed by atoms with E-state index in [1.165, 1.54) is 0 Å². The number of carbonyl (C=O) groups excluding carboxylic acids is 2. The third-order valence-corrected chi connectivity index (χ3v) is 4.00. The predicted molar refractivity (Wildman–Crippen MR) is 100 cm³/mol. The molecule has 3 aromatic rings. The average molecular weight is 350 g/mol. The van der Waals surface area contributed by atoms with Crippen LogP contribution in [0.15, 0.2) is 47.3 Å². The van der Waals surface area contributed by atoms with Crippen molar-refractivity contribution in [1.29, 1.82) is 0 Å². The van der Waals surface area contributed by atoms with Gasteiger partial charge in [-0.25, -0.2) is 5.10 Å². The molecule has 2 amide bonds. The summed E-state index contributed by atoms with van der Waals surface area (Å²) in [6.07, 6.45) is 0.364. The Labute approximate surface area is 149 Å². The molecule has 0 radical (unpaired) electrons. The second-order valence-electron chi connectivity index (χ2n) is 5.83. The molecular formula is C19H18N4O3. The maximum Gasteiger partial charge on any atom is 0.276 e. The van der Waals surface area contributed by atoms with Crippen LogP contribution in [0.3, 0.4) is 0 Å². The largest absolute Gasteiger partial charge is 0.326 e. The van der Waals surface area contributed by atoms with Crippen LogP contribution in [-0.4, -0.2) is 22.0 Å². The van der Waals surface area contributed by atoms with Crippen LogP contribution in [0.2, 0.25) is 0 Å². The number of aryl methyl sites for hydroxylation is 1. The minimum Gasteiger partial charge on any atom is -0.326 e. The number of nitrogens with zero attached hydrogens (tertiary/aromatic N) is 1. The number of H-pyrrole nitrogens is 1. The van der Waals surface area contributed by atoms with Crippen molar-refractivity contribution in [2.45, 2.75) is 20.3 Å². The van der Waals surface area contributed by atoms with E-state index in [1.807, 2.05) is 6.92 Å². The topological polar surface area (TPSA) is 104 Å². The van der Waals surface area contributed by atoms with Crippen LogP contribution >= 0.6 is 0 Å². The van der Waals surface area contributed by atoms with Gasteiger partial charge in [-0.05, 0) is 30.7 Å². The van der Waals surface area contributed by atoms with Crippen molar-refractivity contribution in [3.8, 4) is 0 Å². The molecule has 7 heteroatoms. The van der Waals surface area contributed by atoms with Gasteiger partial charge in [0.1, 0.15) is 0 Å². The van der Waals surface area contributed by atoms with Crippen molar-refractivity contribution in [1.82, 2.24) is 10.2 Å². The fourth-order valence-corrected chi connectivity index (χ4v) is 2.55. The van der Waals surface area contributed by atoms with Crippen LogP contribution in [0.4, 0.5) is 11.4 Å². The molecule has 0 saturated heterocycles. The van der Waals surface area contributed by atoms with E-state index in [0.717, 1.165) is 5.56 Å². The number of carbonyl (C=O) groups is 2. The maximum atomic E-state index is 12.7. The highest BCUT2D eigenvalue weighted by molar-refractivity contribution is 6.11. The van der Waals surface area contributed by atoms with Crippen LogP contribution in [0, 0.1) is 6.92 Å². The van der Waals surface area contributed by atoms with Gasteiger partial charge in [0.15, 0.2) is 5.69 Å². The van der Waals surface area contributed by atoms with Crippen LogP contribution in [0.1, 0.15) is 29.4 Å². The summed E-state index contributed by atoms with van der Waals surface area (Å²) in [6, 6.07) is 12.0. The molecule has 0 fully saturated rings. The third kappa shape index (κ3) is 3.46. The lowest BCUT2D eigenvalue weighted by molar-refractivity contribution is -0.115. The number of amides is 2. The smallest absolute Gasteiger partial charge is 0.276 e. The Kier molecular flexibility index (Phi) is 4.79. The van der Waals surface area contributed by atoms with Crippen LogP contribution in [0.5, 0.6) is 0 Å². The molecule has 0 atom stereocenters. The molecule has 0 aliphatic heterocycles. The average Bonchev–Trinajstić information content (AvgIpc) is 2.64. The number of benzene rings is 2. The number of anilines is 2. The van der Waals surface area contributed by atoms with Crippen molar-refractivity contribution in [2.75, 3.05) is 10.6 Å². The van der Waals surface area contributed by atoms with Crippen molar-refractivity contribution in [2.24, 2.45) is 0 Å². The molecule has 0 spiro atoms. The number of rotatable bonds is 4. The van der Waals surface area contributed by atoms with Gasteiger partial charge in [0.25, 0.3) is 11.5 Å². The number of aromatic amines is 1. The van der Waals surface area contributed by atoms with Gasteiger partial charge in [-0.3, -0.25) is 14.4 Å². The van der Waals surface area contributed by atoms with Crippen molar-refractivity contribution in [3.63, 3.8) is 0 Å². The summed E-state index contributed by atoms with van der Waals surface area (Å²) in [5.41, 5.74) is 1.76. The number of fused-ring (bicyclic) bond motifs is 1. The second-order valence-corrected chi connectivity index (χ2v) is 5.83. The third-order valence-electron chi connectivity index (χ3n) is 4.00. The normalized spacial score (nSPS) is 10.5. The molecule has 2 aromatic carbocycles. The summed E-state index contributed by atoms with van der Waals surface area (Å²) in [4.78, 5) is 36.1. The fourth-order valence-electron chi connectivity index (χ4n) is 2.55. The molecule has 0 aliphatic carbocycles. The summed E-state index contributed by atoms with van der Waals surface area (Å²) in [5.74, 6) is -0.557. The highest BCUT2D eigenvalue weighted by atomic mass is 16.2. The van der Waals surface area contributed by atoms with Crippen LogP contribution < -0.4 is 16.2 Å². The molecule has 0 unspecified atom stereocenters. The van der Waals surface area contributed by atoms with Gasteiger partial charge in [-0.15, -0.1) is 0 Å². The first-order valence-electron chi connectivity index (χ1n) is 8.19. The Morgan fingerprint density at radius 1 is 1.08 bits per heavy atom. The van der Waals surface area contributed by atoms with Crippen molar-refractivity contribution < 1.29 is 9.59 Å². The quantitative estimate of drug-likeness (QED) is 0.673. The zero-order chi connectivity index (χ0) is 18.7. The first-order valence-corrected chi connectivity index (χ1v) is 8.19. The lowest BCUT2D eigenvalue weighted by Gasteiger charge is -2.12. The van der Waals surface area contributed by atoms with Gasteiger partial charge >= 0.3 is 0 Å². The van der Waals surface area contributed by atoms with E-state index in [4.69, 9.17) is 0 Å². The van der Waals surface area contributed by atoms with Crippen LogP contribution in [-0.2, 0) is 4.79 Å². The summed E-state index contributed by atoms with van der Waals surface area (Å²) >= 11 is 0. The summed E-state index contributed by atoms with van der Waals surface area (Å²) in [6.45, 7) is 3.61. The first kappa shape index (κ1) is 17.3. The van der Waals surface area contributed by atoms with Gasteiger partial charge in [0, 0.05) is 23.2 Å². The van der Waals surface area contributed by atoms with Gasteiger partial charge in [-0.1, -0.05) is 31.2 Å². The standard InChI is InChI=1S/C19H18N4O3/c1-3-16(24)20-12-9-8-11(2)15(10-12)21-19(26)17-13-6-4-5-7-14(13)18(25)23-22-17/h4-10H,3H2,1-2H3,(H,20,24)(H,21,26)(H,23,25). The summed E-state index contributed by atoms with van der Waals surface area (Å²) < 4.78 is 0. The molecule has 3 rings (SSSR count). The monoisotopic (exact) mass is 350 g/mol. The molecular weight excluding hydrogens is 332 g/mol. The summed E-state index contributed by atoms with van der Waals surface area (Å²) in [5, 5.41) is 12.7. The Morgan fingerprint density at radius 2 is 1.81 bits per heavy atom. The predicted octanol–water partition coefficient (Wildman–Crippen LogP) is 2.83. The van der Waals surface area contributed by atoms with Gasteiger partial charge < -0.3 is 10.6 Å². The van der Waals surface area contributed by atoms with E-state index in [1.54, 1.807) is 49.4 Å². The maximum absolute atomic E-state index is 12.7. The molecule has 0 aliphatic rings. The fraction of sp³-hybridized carbons (Fsp3) is 0.158. The SMILES string of the molecule is CCC(=O)Nc1ccc(C)c(NC(=O)c2n[nH]c(=O)c3ccccc23)c1. The Hall–Kier alpha value is -3.48. The highest BCUT2D eigenvalue weighted by Gasteiger charge is 2.15. The zero-order valence-electron chi connectivity index (χ0n) is 14.4. The Bertz CT molecular complexity index is 1060. The van der Waals surface area contributed by atoms with E-state index in [2.05, 4.69) is 20.8 Å². The lowest BCUT2D eigenvalue weighted by atomic mass is 10.1. The van der Waals surface area contributed by atoms with Crippen molar-refractivity contribution >= 4 is 34.0 Å². The number of nitrogens with one attached hydrogen (secondary N) is 3. The van der Waals surface area contributed by atoms with Crippen molar-refractivity contribution in [3.05, 3.63) is 64.1 Å². The summed E-state index contributed by atoms with van der Waals surface area (Å²) in [7, 11) is 0. The van der Waals surface area contributed by atoms with E-state index >= 15 is 0 Å². The lowest BCUT2D eigenvalue weighted by Crippen LogP contribution is -2.20. The molecule has 0 bridgehead atoms. The molecule has 0 saturated carbocycles. The molecule has 132 valence electrons. The minimum absolute atomic E-state index is 0.112. The van der Waals surface area contributed by atoms with E-state index in [0.29, 0.717) is 28.6 Å². The van der Waals surface area contributed by atoms with E-state index < -0.39 is 5.91 Å². The second kappa shape index (κ2) is 7.18. The molecule has 7 nitrogen and oxygen atoms in total. The van der Waals surface area contributed by atoms with Gasteiger partial charge in [-0.2, -0.15) is 5.10 Å². The molecule has 1 aromatic heterocycles. The van der Waals surface area contributed by atoms with E-state index in [9.17, 15) is 14.4 Å². The molecule has 26 heavy (non-hydrogen) atoms. The first-order chi connectivity index (χ1) is 12.5. The Morgan fingerprint density at radius 3 is 2.54 bits per heavy atom. The van der Waals surface area contributed by atoms with Crippen LogP contribution in [0.25, 0.3) is 10.8 Å². The highest BCUT2D eigenvalue weighted by Crippen LogP contribution is 2.22. The van der Waals surface area contributed by atoms with E-state index in [-0.39, 0.29) is 17.2 Å². The van der Waals surface area contributed by atoms with Gasteiger partial charge in [0.2, 0.25) is 5.91 Å². The minimum atomic E-state index is -0.445. The number of hydrogen-bond acceptors (Lipinski definition) is 4. The zero-order valence-corrected chi connectivity index (χ0v) is 14.4. The molecule has 1 heterocycles. The number of hydrogen-bond donors (Lipinski definition) is 3. The van der Waals surface area contributed by atoms with Gasteiger partial charge in [0.05, 0.1) is 5.39 Å².